The molecule has 0 saturated carbocycles. The summed E-state index contributed by atoms with van der Waals surface area (Å²) in [6.07, 6.45) is 9.39. The van der Waals surface area contributed by atoms with E-state index in [2.05, 4.69) is 13.2 Å². The zero-order valence-corrected chi connectivity index (χ0v) is 11.7. The van der Waals surface area contributed by atoms with Crippen LogP contribution >= 0.6 is 0 Å². The summed E-state index contributed by atoms with van der Waals surface area (Å²) < 4.78 is 28.2. The standard InChI is InChI=1S/C18H20F2/c1-3-5-6-15-11-12-16(18(20)17(15)19)14-9-7-13(4-2)8-10-14/h3-4,9,11-13H,1-2,5-8,10H2. The van der Waals surface area contributed by atoms with Crippen LogP contribution in [0.5, 0.6) is 0 Å². The van der Waals surface area contributed by atoms with Crippen molar-refractivity contribution < 1.29 is 8.78 Å². The van der Waals surface area contributed by atoms with Gasteiger partial charge in [0.15, 0.2) is 11.6 Å². The van der Waals surface area contributed by atoms with E-state index in [1.54, 1.807) is 18.2 Å². The molecule has 2 rings (SSSR count). The van der Waals surface area contributed by atoms with Crippen LogP contribution in [0.4, 0.5) is 8.78 Å². The molecule has 0 bridgehead atoms. The van der Waals surface area contributed by atoms with Crippen molar-refractivity contribution in [2.45, 2.75) is 32.1 Å². The topological polar surface area (TPSA) is 0 Å². The number of halogens is 2. The molecule has 20 heavy (non-hydrogen) atoms. The van der Waals surface area contributed by atoms with Crippen LogP contribution in [-0.4, -0.2) is 0 Å². The van der Waals surface area contributed by atoms with Crippen LogP contribution in [0.2, 0.25) is 0 Å². The summed E-state index contributed by atoms with van der Waals surface area (Å²) in [6, 6.07) is 3.40. The van der Waals surface area contributed by atoms with E-state index in [-0.39, 0.29) is 0 Å². The number of hydrogen-bond donors (Lipinski definition) is 0. The van der Waals surface area contributed by atoms with Crippen molar-refractivity contribution in [2.24, 2.45) is 5.92 Å². The molecule has 2 heteroatoms. The second kappa shape index (κ2) is 6.65. The van der Waals surface area contributed by atoms with E-state index < -0.39 is 11.6 Å². The molecule has 1 aliphatic carbocycles. The van der Waals surface area contributed by atoms with Crippen LogP contribution in [0.1, 0.15) is 36.8 Å². The molecule has 0 amide bonds. The van der Waals surface area contributed by atoms with Crippen LogP contribution in [0.25, 0.3) is 5.57 Å². The van der Waals surface area contributed by atoms with Crippen molar-refractivity contribution in [1.82, 2.24) is 0 Å². The molecule has 0 fully saturated rings. The Morgan fingerprint density at radius 2 is 2.00 bits per heavy atom. The Labute approximate surface area is 119 Å². The molecule has 1 aliphatic rings. The summed E-state index contributed by atoms with van der Waals surface area (Å²) in [5.41, 5.74) is 1.74. The average Bonchev–Trinajstić information content (AvgIpc) is 2.49. The van der Waals surface area contributed by atoms with Crippen molar-refractivity contribution >= 4 is 5.57 Å². The van der Waals surface area contributed by atoms with Gasteiger partial charge in [0.05, 0.1) is 0 Å². The smallest absolute Gasteiger partial charge is 0.166 e. The number of rotatable bonds is 5. The lowest BCUT2D eigenvalue weighted by Crippen LogP contribution is -2.05. The summed E-state index contributed by atoms with van der Waals surface area (Å²) >= 11 is 0. The fraction of sp³-hybridized carbons (Fsp3) is 0.333. The Morgan fingerprint density at radius 3 is 2.60 bits per heavy atom. The van der Waals surface area contributed by atoms with E-state index in [9.17, 15) is 8.78 Å². The normalized spacial score (nSPS) is 18.5. The first kappa shape index (κ1) is 14.7. The maximum atomic E-state index is 14.2. The van der Waals surface area contributed by atoms with Gasteiger partial charge in [-0.2, -0.15) is 0 Å². The SMILES string of the molecule is C=CCCc1ccc(C2=CCC(C=C)CC2)c(F)c1F. The van der Waals surface area contributed by atoms with Gasteiger partial charge in [0.2, 0.25) is 0 Å². The van der Waals surface area contributed by atoms with Crippen molar-refractivity contribution in [3.63, 3.8) is 0 Å². The fourth-order valence-corrected chi connectivity index (χ4v) is 2.60. The summed E-state index contributed by atoms with van der Waals surface area (Å²) in [6.45, 7) is 7.38. The van der Waals surface area contributed by atoms with Gasteiger partial charge in [0, 0.05) is 5.56 Å². The first-order valence-electron chi connectivity index (χ1n) is 7.07. The number of allylic oxidation sites excluding steroid dienone is 4. The van der Waals surface area contributed by atoms with Crippen molar-refractivity contribution in [1.29, 1.82) is 0 Å². The molecule has 1 atom stereocenters. The lowest BCUT2D eigenvalue weighted by atomic mass is 9.86. The minimum Gasteiger partial charge on any atom is -0.203 e. The Hall–Kier alpha value is -1.70. The molecule has 0 aliphatic heterocycles. The predicted molar refractivity (Wildman–Crippen MR) is 80.4 cm³/mol. The van der Waals surface area contributed by atoms with Crippen LogP contribution < -0.4 is 0 Å². The van der Waals surface area contributed by atoms with E-state index in [0.29, 0.717) is 29.9 Å². The van der Waals surface area contributed by atoms with Gasteiger partial charge in [0.25, 0.3) is 0 Å². The number of aryl methyl sites for hydroxylation is 1. The van der Waals surface area contributed by atoms with Gasteiger partial charge < -0.3 is 0 Å². The van der Waals surface area contributed by atoms with Crippen LogP contribution in [-0.2, 0) is 6.42 Å². The zero-order chi connectivity index (χ0) is 14.5. The van der Waals surface area contributed by atoms with E-state index >= 15 is 0 Å². The van der Waals surface area contributed by atoms with Gasteiger partial charge in [-0.1, -0.05) is 30.4 Å². The van der Waals surface area contributed by atoms with E-state index in [1.165, 1.54) is 0 Å². The molecule has 0 spiro atoms. The van der Waals surface area contributed by atoms with Crippen molar-refractivity contribution in [3.05, 3.63) is 66.3 Å². The summed E-state index contributed by atoms with van der Waals surface area (Å²) in [5, 5.41) is 0. The Bertz CT molecular complexity index is 541. The lowest BCUT2D eigenvalue weighted by molar-refractivity contribution is 0.494. The first-order valence-corrected chi connectivity index (χ1v) is 7.07. The molecule has 1 unspecified atom stereocenters. The highest BCUT2D eigenvalue weighted by atomic mass is 19.2. The maximum absolute atomic E-state index is 14.2. The molecule has 0 saturated heterocycles. The van der Waals surface area contributed by atoms with Gasteiger partial charge in [-0.15, -0.1) is 13.2 Å². The Morgan fingerprint density at radius 1 is 1.20 bits per heavy atom. The van der Waals surface area contributed by atoms with Gasteiger partial charge >= 0.3 is 0 Å². The third-order valence-corrected chi connectivity index (χ3v) is 3.91. The molecule has 0 heterocycles. The first-order chi connectivity index (χ1) is 9.67. The molecule has 1 aromatic rings. The van der Waals surface area contributed by atoms with Crippen LogP contribution in [0, 0.1) is 17.6 Å². The fourth-order valence-electron chi connectivity index (χ4n) is 2.60. The van der Waals surface area contributed by atoms with Crippen LogP contribution in [0.3, 0.4) is 0 Å². The highest BCUT2D eigenvalue weighted by Crippen LogP contribution is 2.33. The second-order valence-corrected chi connectivity index (χ2v) is 5.23. The largest absolute Gasteiger partial charge is 0.203 e. The summed E-state index contributed by atoms with van der Waals surface area (Å²) in [5.74, 6) is -0.968. The summed E-state index contributed by atoms with van der Waals surface area (Å²) in [4.78, 5) is 0. The molecule has 106 valence electrons. The molecule has 0 radical (unpaired) electrons. The van der Waals surface area contributed by atoms with E-state index in [1.807, 2.05) is 12.2 Å². The van der Waals surface area contributed by atoms with Gasteiger partial charge in [-0.3, -0.25) is 0 Å². The van der Waals surface area contributed by atoms with Crippen molar-refractivity contribution in [3.8, 4) is 0 Å². The number of benzene rings is 1. The Kier molecular flexibility index (Phi) is 4.89. The molecule has 0 aromatic heterocycles. The average molecular weight is 274 g/mol. The quantitative estimate of drug-likeness (QED) is 0.626. The second-order valence-electron chi connectivity index (χ2n) is 5.23. The predicted octanol–water partition coefficient (Wildman–Crippen LogP) is 5.45. The van der Waals surface area contributed by atoms with Gasteiger partial charge in [-0.25, -0.2) is 8.78 Å². The highest BCUT2D eigenvalue weighted by Gasteiger charge is 2.19. The third kappa shape index (κ3) is 3.06. The highest BCUT2D eigenvalue weighted by molar-refractivity contribution is 5.67. The van der Waals surface area contributed by atoms with Gasteiger partial charge in [0.1, 0.15) is 0 Å². The van der Waals surface area contributed by atoms with E-state index in [4.69, 9.17) is 0 Å². The number of hydrogen-bond acceptors (Lipinski definition) is 0. The molecule has 0 N–H and O–H groups in total. The maximum Gasteiger partial charge on any atom is 0.166 e. The Balaban J connectivity index is 2.25. The lowest BCUT2D eigenvalue weighted by Gasteiger charge is -2.20. The molecular formula is C18H20F2. The van der Waals surface area contributed by atoms with Crippen LogP contribution in [0.15, 0.2) is 43.5 Å². The van der Waals surface area contributed by atoms with E-state index in [0.717, 1.165) is 24.8 Å². The molecule has 1 aromatic carbocycles. The monoisotopic (exact) mass is 274 g/mol. The summed E-state index contributed by atoms with van der Waals surface area (Å²) in [7, 11) is 0. The zero-order valence-electron chi connectivity index (χ0n) is 11.7. The minimum absolute atomic E-state index is 0.410. The minimum atomic E-state index is -0.713. The molecular weight excluding hydrogens is 254 g/mol. The third-order valence-electron chi connectivity index (χ3n) is 3.91. The van der Waals surface area contributed by atoms with Gasteiger partial charge in [-0.05, 0) is 49.2 Å². The molecule has 0 nitrogen and oxygen atoms in total. The van der Waals surface area contributed by atoms with Crippen molar-refractivity contribution in [2.75, 3.05) is 0 Å².